The molecule has 0 aliphatic rings. The molecule has 0 atom stereocenters. The van der Waals surface area contributed by atoms with Crippen molar-refractivity contribution in [2.45, 2.75) is 45.9 Å². The zero-order valence-corrected chi connectivity index (χ0v) is 18.1. The Morgan fingerprint density at radius 1 is 0.852 bits per heavy atom. The highest BCUT2D eigenvalue weighted by Gasteiger charge is 2.25. The van der Waals surface area contributed by atoms with Crippen molar-refractivity contribution in [2.24, 2.45) is 0 Å². The number of rotatable bonds is 6. The Kier molecular flexibility index (Phi) is 5.91. The molecule has 0 unspecified atom stereocenters. The zero-order chi connectivity index (χ0) is 20.6. The van der Waals surface area contributed by atoms with Gasteiger partial charge in [-0.05, 0) is 61.9 Å². The van der Waals surface area contributed by atoms with Crippen LogP contribution in [0.1, 0.15) is 34.7 Å². The quantitative estimate of drug-likeness (QED) is 0.760. The van der Waals surface area contributed by atoms with Crippen molar-refractivity contribution in [3.05, 3.63) is 52.1 Å². The maximum Gasteiger partial charge on any atom is 0.262 e. The fourth-order valence-corrected chi connectivity index (χ4v) is 5.61. The average molecular weight is 411 g/mol. The molecule has 0 fully saturated rings. The van der Waals surface area contributed by atoms with Crippen LogP contribution in [0.25, 0.3) is 0 Å². The molecular weight excluding hydrogens is 384 g/mol. The first-order valence-corrected chi connectivity index (χ1v) is 11.9. The topological polar surface area (TPSA) is 92.3 Å². The average Bonchev–Trinajstić information content (AvgIpc) is 2.52. The summed E-state index contributed by atoms with van der Waals surface area (Å²) in [7, 11) is -7.45. The molecule has 0 saturated carbocycles. The third-order valence-electron chi connectivity index (χ3n) is 4.43. The number of sulfonamides is 2. The van der Waals surface area contributed by atoms with Crippen LogP contribution in [0.15, 0.2) is 29.2 Å². The van der Waals surface area contributed by atoms with Crippen molar-refractivity contribution in [3.63, 3.8) is 0 Å². The molecule has 0 aromatic heterocycles. The highest BCUT2D eigenvalue weighted by atomic mass is 32.2. The number of benzene rings is 2. The van der Waals surface area contributed by atoms with Crippen LogP contribution < -0.4 is 9.44 Å². The minimum absolute atomic E-state index is 0.0876. The maximum absolute atomic E-state index is 13.2. The summed E-state index contributed by atoms with van der Waals surface area (Å²) in [6, 6.07) is 7.30. The van der Waals surface area contributed by atoms with Crippen LogP contribution in [0.5, 0.6) is 0 Å². The summed E-state index contributed by atoms with van der Waals surface area (Å²) in [6.45, 7) is 8.87. The minimum Gasteiger partial charge on any atom is -0.283 e. The largest absolute Gasteiger partial charge is 0.283 e. The number of hydrogen-bond donors (Lipinski definition) is 2. The second-order valence-electron chi connectivity index (χ2n) is 6.78. The summed E-state index contributed by atoms with van der Waals surface area (Å²) in [4.78, 5) is 0.0876. The molecule has 6 nitrogen and oxygen atoms in total. The molecule has 0 heterocycles. The lowest BCUT2D eigenvalue weighted by Crippen LogP contribution is -2.20. The van der Waals surface area contributed by atoms with Crippen LogP contribution in [0.4, 0.5) is 11.4 Å². The predicted octanol–water partition coefficient (Wildman–Crippen LogP) is 3.65. The molecule has 0 radical (unpaired) electrons. The standard InChI is InChI=1S/C19H26N2O4S2/c1-7-16-10-8-9-12(2)18(16)21-27(24,25)19-14(4)11-13(3)17(15(19)5)20-26(6,22)23/h8-11,20-21H,7H2,1-6H3. The van der Waals surface area contributed by atoms with Gasteiger partial charge >= 0.3 is 0 Å². The first-order chi connectivity index (χ1) is 12.4. The number of para-hydroxylation sites is 1. The normalized spacial score (nSPS) is 12.1. The Bertz CT molecular complexity index is 1090. The highest BCUT2D eigenvalue weighted by molar-refractivity contribution is 7.93. The van der Waals surface area contributed by atoms with Crippen molar-refractivity contribution in [1.29, 1.82) is 0 Å². The number of aryl methyl sites for hydroxylation is 4. The van der Waals surface area contributed by atoms with Crippen molar-refractivity contribution >= 4 is 31.4 Å². The predicted molar refractivity (Wildman–Crippen MR) is 110 cm³/mol. The van der Waals surface area contributed by atoms with Crippen molar-refractivity contribution in [1.82, 2.24) is 0 Å². The van der Waals surface area contributed by atoms with Gasteiger partial charge in [-0.1, -0.05) is 31.2 Å². The molecule has 2 aromatic rings. The van der Waals surface area contributed by atoms with E-state index >= 15 is 0 Å². The van der Waals surface area contributed by atoms with Gasteiger partial charge in [0.25, 0.3) is 10.0 Å². The van der Waals surface area contributed by atoms with E-state index in [1.54, 1.807) is 26.8 Å². The van der Waals surface area contributed by atoms with Gasteiger partial charge in [-0.2, -0.15) is 0 Å². The Hall–Kier alpha value is -2.06. The SMILES string of the molecule is CCc1cccc(C)c1NS(=O)(=O)c1c(C)cc(C)c(NS(C)(=O)=O)c1C. The molecule has 27 heavy (non-hydrogen) atoms. The second kappa shape index (κ2) is 7.52. The van der Waals surface area contributed by atoms with E-state index in [1.807, 2.05) is 32.0 Å². The van der Waals surface area contributed by atoms with E-state index in [0.29, 0.717) is 34.5 Å². The van der Waals surface area contributed by atoms with Crippen molar-refractivity contribution in [3.8, 4) is 0 Å². The van der Waals surface area contributed by atoms with E-state index < -0.39 is 20.0 Å². The monoisotopic (exact) mass is 410 g/mol. The molecule has 148 valence electrons. The lowest BCUT2D eigenvalue weighted by Gasteiger charge is -2.20. The maximum atomic E-state index is 13.2. The second-order valence-corrected chi connectivity index (χ2v) is 10.1. The van der Waals surface area contributed by atoms with Gasteiger partial charge in [-0.15, -0.1) is 0 Å². The van der Waals surface area contributed by atoms with Gasteiger partial charge in [0.15, 0.2) is 0 Å². The summed E-state index contributed by atoms with van der Waals surface area (Å²) in [5, 5.41) is 0. The summed E-state index contributed by atoms with van der Waals surface area (Å²) in [5.74, 6) is 0. The third kappa shape index (κ3) is 4.62. The molecule has 0 bridgehead atoms. The Morgan fingerprint density at radius 2 is 1.48 bits per heavy atom. The van der Waals surface area contributed by atoms with Gasteiger partial charge in [-0.3, -0.25) is 9.44 Å². The first-order valence-electron chi connectivity index (χ1n) is 8.57. The molecule has 8 heteroatoms. The minimum atomic E-state index is -3.91. The molecule has 0 amide bonds. The van der Waals surface area contributed by atoms with Gasteiger partial charge in [0.05, 0.1) is 22.5 Å². The number of hydrogen-bond acceptors (Lipinski definition) is 4. The Morgan fingerprint density at radius 3 is 2.04 bits per heavy atom. The smallest absolute Gasteiger partial charge is 0.262 e. The van der Waals surface area contributed by atoms with Crippen LogP contribution in [-0.2, 0) is 26.5 Å². The lowest BCUT2D eigenvalue weighted by atomic mass is 10.1. The Balaban J connectivity index is 2.65. The molecule has 0 saturated heterocycles. The molecule has 0 aliphatic heterocycles. The van der Waals surface area contributed by atoms with Gasteiger partial charge in [0, 0.05) is 0 Å². The molecule has 0 aliphatic carbocycles. The summed E-state index contributed by atoms with van der Waals surface area (Å²) in [6.07, 6.45) is 1.73. The molecule has 2 rings (SSSR count). The van der Waals surface area contributed by atoms with Gasteiger partial charge in [0.2, 0.25) is 10.0 Å². The lowest BCUT2D eigenvalue weighted by molar-refractivity contribution is 0.599. The third-order valence-corrected chi connectivity index (χ3v) is 6.65. The first kappa shape index (κ1) is 21.2. The molecule has 2 aromatic carbocycles. The van der Waals surface area contributed by atoms with E-state index in [0.717, 1.165) is 17.4 Å². The summed E-state index contributed by atoms with van der Waals surface area (Å²) >= 11 is 0. The molecule has 0 spiro atoms. The van der Waals surface area contributed by atoms with Crippen molar-refractivity contribution in [2.75, 3.05) is 15.7 Å². The van der Waals surface area contributed by atoms with Gasteiger partial charge in [0.1, 0.15) is 0 Å². The van der Waals surface area contributed by atoms with E-state index in [2.05, 4.69) is 9.44 Å². The van der Waals surface area contributed by atoms with Gasteiger partial charge in [-0.25, -0.2) is 16.8 Å². The Labute approximate surface area is 162 Å². The van der Waals surface area contributed by atoms with E-state index in [4.69, 9.17) is 0 Å². The van der Waals surface area contributed by atoms with Gasteiger partial charge < -0.3 is 0 Å². The fraction of sp³-hybridized carbons (Fsp3) is 0.368. The summed E-state index contributed by atoms with van der Waals surface area (Å²) < 4.78 is 54.9. The van der Waals surface area contributed by atoms with Crippen LogP contribution >= 0.6 is 0 Å². The van der Waals surface area contributed by atoms with Crippen LogP contribution in [0.2, 0.25) is 0 Å². The number of nitrogens with one attached hydrogen (secondary N) is 2. The van der Waals surface area contributed by atoms with Crippen LogP contribution in [-0.4, -0.2) is 23.1 Å². The number of anilines is 2. The summed E-state index contributed by atoms with van der Waals surface area (Å²) in [5.41, 5.74) is 4.19. The zero-order valence-electron chi connectivity index (χ0n) is 16.5. The fourth-order valence-electron chi connectivity index (χ4n) is 3.28. The van der Waals surface area contributed by atoms with E-state index in [1.165, 1.54) is 0 Å². The van der Waals surface area contributed by atoms with E-state index in [-0.39, 0.29) is 4.90 Å². The van der Waals surface area contributed by atoms with Crippen LogP contribution in [0, 0.1) is 27.7 Å². The molecular formula is C19H26N2O4S2. The highest BCUT2D eigenvalue weighted by Crippen LogP contribution is 2.33. The van der Waals surface area contributed by atoms with Crippen molar-refractivity contribution < 1.29 is 16.8 Å². The van der Waals surface area contributed by atoms with Crippen LogP contribution in [0.3, 0.4) is 0 Å². The molecule has 2 N–H and O–H groups in total. The van der Waals surface area contributed by atoms with E-state index in [9.17, 15) is 16.8 Å².